The van der Waals surface area contributed by atoms with E-state index in [4.69, 9.17) is 5.73 Å². The molecule has 0 aromatic rings. The molecule has 3 heteroatoms. The van der Waals surface area contributed by atoms with Gasteiger partial charge >= 0.3 is 0 Å². The summed E-state index contributed by atoms with van der Waals surface area (Å²) in [6, 6.07) is 0. The van der Waals surface area contributed by atoms with Crippen LogP contribution < -0.4 is 16.8 Å². The quantitative estimate of drug-likeness (QED) is 0.515. The molecule has 5 N–H and O–H groups in total. The lowest BCUT2D eigenvalue weighted by atomic mass is 10.3. The monoisotopic (exact) mass is 143 g/mol. The van der Waals surface area contributed by atoms with E-state index in [1.165, 1.54) is 26.1 Å². The molecule has 1 saturated carbocycles. The molecule has 0 heterocycles. The Balaban J connectivity index is 0.000000371. The fourth-order valence-electron chi connectivity index (χ4n) is 0.581. The molecule has 60 valence electrons. The summed E-state index contributed by atoms with van der Waals surface area (Å²) in [5.41, 5.74) is 10.0. The van der Waals surface area contributed by atoms with Gasteiger partial charge in [-0.2, -0.15) is 0 Å². The zero-order valence-electron chi connectivity index (χ0n) is 6.72. The van der Waals surface area contributed by atoms with Crippen molar-refractivity contribution in [3.05, 3.63) is 12.4 Å². The molecule has 0 amide bonds. The third-order valence-electron chi connectivity index (χ3n) is 1.53. The Kier molecular flexibility index (Phi) is 3.88. The van der Waals surface area contributed by atoms with Gasteiger partial charge in [-0.1, -0.05) is 0 Å². The topological polar surface area (TPSA) is 64.1 Å². The first-order chi connectivity index (χ1) is 4.77. The molecule has 0 bridgehead atoms. The van der Waals surface area contributed by atoms with Crippen LogP contribution in [0.4, 0.5) is 0 Å². The summed E-state index contributed by atoms with van der Waals surface area (Å²) in [4.78, 5) is 0. The standard InChI is InChI=1S/C6H12N2.CH5N/c1-6(2-3-6)8-5-4-7;1-2/h4-5,8H,2-3,7H2,1H3;2H2,1H3/b5-4-;. The first-order valence-electron chi connectivity index (χ1n) is 3.49. The number of nitrogens with one attached hydrogen (secondary N) is 1. The van der Waals surface area contributed by atoms with E-state index >= 15 is 0 Å². The normalized spacial score (nSPS) is 19.5. The Morgan fingerprint density at radius 3 is 2.20 bits per heavy atom. The van der Waals surface area contributed by atoms with Gasteiger partial charge in [-0.3, -0.25) is 0 Å². The van der Waals surface area contributed by atoms with Crippen LogP contribution in [0.15, 0.2) is 12.4 Å². The minimum absolute atomic E-state index is 0.385. The van der Waals surface area contributed by atoms with E-state index in [1.54, 1.807) is 6.20 Å². The lowest BCUT2D eigenvalue weighted by Gasteiger charge is -2.05. The second-order valence-corrected chi connectivity index (χ2v) is 2.56. The highest BCUT2D eigenvalue weighted by molar-refractivity contribution is 5.00. The number of hydrogen-bond acceptors (Lipinski definition) is 3. The van der Waals surface area contributed by atoms with E-state index in [0.717, 1.165) is 0 Å². The van der Waals surface area contributed by atoms with Crippen molar-refractivity contribution in [1.29, 1.82) is 0 Å². The minimum atomic E-state index is 0.385. The zero-order chi connectivity index (χ0) is 8.04. The second-order valence-electron chi connectivity index (χ2n) is 2.56. The fraction of sp³-hybridized carbons (Fsp3) is 0.714. The van der Waals surface area contributed by atoms with Gasteiger partial charge < -0.3 is 16.8 Å². The van der Waals surface area contributed by atoms with Gasteiger partial charge in [-0.25, -0.2) is 0 Å². The Morgan fingerprint density at radius 1 is 1.40 bits per heavy atom. The summed E-state index contributed by atoms with van der Waals surface area (Å²) >= 11 is 0. The summed E-state index contributed by atoms with van der Waals surface area (Å²) in [6.07, 6.45) is 5.88. The van der Waals surface area contributed by atoms with Crippen LogP contribution in [-0.2, 0) is 0 Å². The SMILES string of the molecule is CC1(N/C=C\N)CC1.CN. The lowest BCUT2D eigenvalue weighted by Crippen LogP contribution is -2.21. The Hall–Kier alpha value is -0.700. The molecule has 1 aliphatic rings. The molecule has 0 saturated heterocycles. The van der Waals surface area contributed by atoms with Crippen molar-refractivity contribution < 1.29 is 0 Å². The molecule has 0 unspecified atom stereocenters. The fourth-order valence-corrected chi connectivity index (χ4v) is 0.581. The van der Waals surface area contributed by atoms with Gasteiger partial charge in [0.2, 0.25) is 0 Å². The number of nitrogens with two attached hydrogens (primary N) is 2. The maximum atomic E-state index is 5.12. The van der Waals surface area contributed by atoms with Gasteiger partial charge in [-0.15, -0.1) is 0 Å². The van der Waals surface area contributed by atoms with Crippen molar-refractivity contribution >= 4 is 0 Å². The molecule has 10 heavy (non-hydrogen) atoms. The van der Waals surface area contributed by atoms with Gasteiger partial charge in [0.05, 0.1) is 0 Å². The van der Waals surface area contributed by atoms with E-state index in [9.17, 15) is 0 Å². The highest BCUT2D eigenvalue weighted by atomic mass is 15.0. The molecule has 1 aliphatic carbocycles. The van der Waals surface area contributed by atoms with Gasteiger partial charge in [0.25, 0.3) is 0 Å². The minimum Gasteiger partial charge on any atom is -0.403 e. The first kappa shape index (κ1) is 9.30. The van der Waals surface area contributed by atoms with Crippen molar-refractivity contribution in [1.82, 2.24) is 5.32 Å². The van der Waals surface area contributed by atoms with E-state index in [0.29, 0.717) is 5.54 Å². The molecule has 0 radical (unpaired) electrons. The average molecular weight is 143 g/mol. The van der Waals surface area contributed by atoms with Gasteiger partial charge in [0.15, 0.2) is 0 Å². The van der Waals surface area contributed by atoms with Crippen LogP contribution in [0.25, 0.3) is 0 Å². The van der Waals surface area contributed by atoms with Crippen LogP contribution in [0, 0.1) is 0 Å². The van der Waals surface area contributed by atoms with Gasteiger partial charge in [0.1, 0.15) is 0 Å². The summed E-state index contributed by atoms with van der Waals surface area (Å²) < 4.78 is 0. The molecule has 0 spiro atoms. The molecule has 1 fully saturated rings. The van der Waals surface area contributed by atoms with Crippen molar-refractivity contribution in [2.75, 3.05) is 7.05 Å². The highest BCUT2D eigenvalue weighted by Gasteiger charge is 2.35. The van der Waals surface area contributed by atoms with Gasteiger partial charge in [0, 0.05) is 17.9 Å². The van der Waals surface area contributed by atoms with E-state index in [-0.39, 0.29) is 0 Å². The molecule has 0 aliphatic heterocycles. The third-order valence-corrected chi connectivity index (χ3v) is 1.53. The maximum absolute atomic E-state index is 5.12. The highest BCUT2D eigenvalue weighted by Crippen LogP contribution is 2.33. The summed E-state index contributed by atoms with van der Waals surface area (Å²) in [5, 5.41) is 3.18. The van der Waals surface area contributed by atoms with Gasteiger partial charge in [-0.05, 0) is 26.8 Å². The summed E-state index contributed by atoms with van der Waals surface area (Å²) in [5.74, 6) is 0. The molecule has 0 aromatic carbocycles. The zero-order valence-corrected chi connectivity index (χ0v) is 6.72. The number of hydrogen-bond donors (Lipinski definition) is 3. The van der Waals surface area contributed by atoms with Crippen LogP contribution in [0.5, 0.6) is 0 Å². The predicted octanol–water partition coefficient (Wildman–Crippen LogP) is 0.133. The molecular formula is C7H17N3. The molecule has 0 aromatic heterocycles. The van der Waals surface area contributed by atoms with Crippen molar-refractivity contribution in [3.8, 4) is 0 Å². The average Bonchev–Trinajstić information content (AvgIpc) is 2.70. The Morgan fingerprint density at radius 2 is 1.90 bits per heavy atom. The second kappa shape index (κ2) is 4.17. The molecule has 1 rings (SSSR count). The van der Waals surface area contributed by atoms with E-state index in [1.807, 2.05) is 0 Å². The largest absolute Gasteiger partial charge is 0.403 e. The smallest absolute Gasteiger partial charge is 0.0342 e. The van der Waals surface area contributed by atoms with Crippen LogP contribution in [0.2, 0.25) is 0 Å². The third kappa shape index (κ3) is 3.35. The lowest BCUT2D eigenvalue weighted by molar-refractivity contribution is 0.637. The molecule has 0 atom stereocenters. The summed E-state index contributed by atoms with van der Waals surface area (Å²) in [6.45, 7) is 2.19. The van der Waals surface area contributed by atoms with Crippen molar-refractivity contribution in [2.24, 2.45) is 11.5 Å². The van der Waals surface area contributed by atoms with Crippen LogP contribution >= 0.6 is 0 Å². The van der Waals surface area contributed by atoms with Crippen LogP contribution in [0.3, 0.4) is 0 Å². The molecular weight excluding hydrogens is 126 g/mol. The predicted molar refractivity (Wildman–Crippen MR) is 44.2 cm³/mol. The van der Waals surface area contributed by atoms with Crippen LogP contribution in [0.1, 0.15) is 19.8 Å². The van der Waals surface area contributed by atoms with Crippen molar-refractivity contribution in [3.63, 3.8) is 0 Å². The summed E-state index contributed by atoms with van der Waals surface area (Å²) in [7, 11) is 1.50. The van der Waals surface area contributed by atoms with Crippen molar-refractivity contribution in [2.45, 2.75) is 25.3 Å². The van der Waals surface area contributed by atoms with E-state index in [2.05, 4.69) is 18.0 Å². The Labute approximate surface area is 62.5 Å². The number of rotatable bonds is 2. The Bertz CT molecular complexity index is 105. The molecule has 3 nitrogen and oxygen atoms in total. The van der Waals surface area contributed by atoms with Crippen LogP contribution in [-0.4, -0.2) is 12.6 Å². The first-order valence-corrected chi connectivity index (χ1v) is 3.49. The van der Waals surface area contributed by atoms with E-state index < -0.39 is 0 Å². The maximum Gasteiger partial charge on any atom is 0.0342 e.